The minimum absolute atomic E-state index is 0.892. The van der Waals surface area contributed by atoms with Crippen molar-refractivity contribution in [1.82, 2.24) is 9.78 Å². The highest BCUT2D eigenvalue weighted by Gasteiger charge is 2.03. The number of rotatable bonds is 0. The lowest BCUT2D eigenvalue weighted by Crippen LogP contribution is -1.85. The molecular weight excluding hydrogens is 138 g/mol. The zero-order valence-electron chi connectivity index (χ0n) is 6.36. The van der Waals surface area contributed by atoms with Gasteiger partial charge in [-0.05, 0) is 6.92 Å². The van der Waals surface area contributed by atoms with E-state index in [9.17, 15) is 0 Å². The van der Waals surface area contributed by atoms with Gasteiger partial charge in [-0.15, -0.1) is 0 Å². The van der Waals surface area contributed by atoms with Crippen LogP contribution >= 0.6 is 0 Å². The third-order valence-corrected chi connectivity index (χ3v) is 1.65. The van der Waals surface area contributed by atoms with E-state index >= 15 is 0 Å². The van der Waals surface area contributed by atoms with E-state index in [-0.39, 0.29) is 0 Å². The second-order valence-corrected chi connectivity index (χ2v) is 2.53. The summed E-state index contributed by atoms with van der Waals surface area (Å²) in [4.78, 5) is 4.26. The zero-order valence-corrected chi connectivity index (χ0v) is 6.36. The standard InChI is InChI=1S/C8H9N3/c1-7-6-10-11-5-3-2-4-9-8(7)11/h3-6H,2H2,1H3. The van der Waals surface area contributed by atoms with Gasteiger partial charge in [-0.3, -0.25) is 0 Å². The monoisotopic (exact) mass is 147 g/mol. The first-order valence-corrected chi connectivity index (χ1v) is 3.61. The summed E-state index contributed by atoms with van der Waals surface area (Å²) in [6, 6.07) is 0. The fourth-order valence-corrected chi connectivity index (χ4v) is 1.07. The van der Waals surface area contributed by atoms with Crippen molar-refractivity contribution < 1.29 is 0 Å². The van der Waals surface area contributed by atoms with Crippen LogP contribution in [-0.4, -0.2) is 16.0 Å². The fourth-order valence-electron chi connectivity index (χ4n) is 1.07. The second kappa shape index (κ2) is 2.34. The van der Waals surface area contributed by atoms with Gasteiger partial charge >= 0.3 is 0 Å². The zero-order chi connectivity index (χ0) is 7.68. The number of nitrogens with zero attached hydrogens (tertiary/aromatic N) is 3. The Morgan fingerprint density at radius 1 is 1.55 bits per heavy atom. The molecule has 1 aromatic rings. The fraction of sp³-hybridized carbons (Fsp3) is 0.250. The van der Waals surface area contributed by atoms with E-state index in [0.717, 1.165) is 17.8 Å². The second-order valence-electron chi connectivity index (χ2n) is 2.53. The summed E-state index contributed by atoms with van der Waals surface area (Å²) in [6.07, 6.45) is 8.58. The van der Waals surface area contributed by atoms with E-state index in [1.54, 1.807) is 4.68 Å². The molecule has 0 amide bonds. The molecule has 2 rings (SSSR count). The Bertz CT molecular complexity index is 320. The Balaban J connectivity index is 2.60. The average molecular weight is 147 g/mol. The molecule has 0 bridgehead atoms. The highest BCUT2D eigenvalue weighted by Crippen LogP contribution is 2.18. The molecule has 3 heteroatoms. The summed E-state index contributed by atoms with van der Waals surface area (Å²) < 4.78 is 1.79. The van der Waals surface area contributed by atoms with Gasteiger partial charge in [0.2, 0.25) is 0 Å². The summed E-state index contributed by atoms with van der Waals surface area (Å²) in [5.41, 5.74) is 1.12. The maximum absolute atomic E-state index is 4.26. The number of allylic oxidation sites excluding steroid dienone is 1. The molecule has 0 radical (unpaired) electrons. The van der Waals surface area contributed by atoms with Gasteiger partial charge in [-0.1, -0.05) is 6.08 Å². The first-order chi connectivity index (χ1) is 5.38. The Morgan fingerprint density at radius 3 is 3.36 bits per heavy atom. The number of aryl methyl sites for hydroxylation is 1. The van der Waals surface area contributed by atoms with E-state index in [1.165, 1.54) is 0 Å². The minimum Gasteiger partial charge on any atom is -0.241 e. The summed E-state index contributed by atoms with van der Waals surface area (Å²) in [7, 11) is 0. The Hall–Kier alpha value is -1.38. The van der Waals surface area contributed by atoms with Crippen molar-refractivity contribution in [3.05, 3.63) is 17.8 Å². The Labute approximate surface area is 65.1 Å². The third-order valence-electron chi connectivity index (χ3n) is 1.65. The average Bonchev–Trinajstić information content (AvgIpc) is 2.25. The summed E-state index contributed by atoms with van der Waals surface area (Å²) in [6.45, 7) is 2.01. The summed E-state index contributed by atoms with van der Waals surface area (Å²) in [5, 5.41) is 4.13. The first-order valence-electron chi connectivity index (χ1n) is 3.61. The third kappa shape index (κ3) is 0.981. The molecule has 3 nitrogen and oxygen atoms in total. The van der Waals surface area contributed by atoms with E-state index in [4.69, 9.17) is 0 Å². The Morgan fingerprint density at radius 2 is 2.45 bits per heavy atom. The molecule has 0 saturated heterocycles. The maximum atomic E-state index is 4.26. The van der Waals surface area contributed by atoms with Gasteiger partial charge in [0.25, 0.3) is 0 Å². The molecule has 0 N–H and O–H groups in total. The summed E-state index contributed by atoms with van der Waals surface area (Å²) in [5.74, 6) is 0.943. The molecule has 0 spiro atoms. The van der Waals surface area contributed by atoms with Crippen LogP contribution < -0.4 is 0 Å². The lowest BCUT2D eigenvalue weighted by Gasteiger charge is -1.93. The normalized spacial score (nSPS) is 14.6. The molecular formula is C8H9N3. The SMILES string of the molecule is Cc1cnn2c1N=CCC=C2. The number of fused-ring (bicyclic) bond motifs is 1. The van der Waals surface area contributed by atoms with Crippen LogP contribution in [0, 0.1) is 6.92 Å². The van der Waals surface area contributed by atoms with Crippen LogP contribution in [0.1, 0.15) is 12.0 Å². The van der Waals surface area contributed by atoms with Crippen LogP contribution in [0.2, 0.25) is 0 Å². The van der Waals surface area contributed by atoms with E-state index in [2.05, 4.69) is 10.1 Å². The van der Waals surface area contributed by atoms with Crippen LogP contribution in [0.15, 0.2) is 17.3 Å². The van der Waals surface area contributed by atoms with Crippen molar-refractivity contribution in [3.63, 3.8) is 0 Å². The van der Waals surface area contributed by atoms with E-state index < -0.39 is 0 Å². The number of aliphatic imine (C=N–C) groups is 1. The van der Waals surface area contributed by atoms with Gasteiger partial charge in [0.1, 0.15) is 0 Å². The van der Waals surface area contributed by atoms with Gasteiger partial charge in [0, 0.05) is 24.4 Å². The van der Waals surface area contributed by atoms with Crippen molar-refractivity contribution in [2.75, 3.05) is 0 Å². The van der Waals surface area contributed by atoms with Gasteiger partial charge in [0.15, 0.2) is 5.82 Å². The molecule has 0 aromatic carbocycles. The molecule has 1 aliphatic rings. The molecule has 0 fully saturated rings. The van der Waals surface area contributed by atoms with Crippen LogP contribution in [0.4, 0.5) is 5.82 Å². The van der Waals surface area contributed by atoms with Crippen LogP contribution in [-0.2, 0) is 0 Å². The van der Waals surface area contributed by atoms with Gasteiger partial charge in [-0.2, -0.15) is 5.10 Å². The van der Waals surface area contributed by atoms with Crippen molar-refractivity contribution in [2.24, 2.45) is 4.99 Å². The predicted octanol–water partition coefficient (Wildman–Crippen LogP) is 1.77. The molecule has 0 aliphatic carbocycles. The molecule has 11 heavy (non-hydrogen) atoms. The topological polar surface area (TPSA) is 30.2 Å². The van der Waals surface area contributed by atoms with Crippen LogP contribution in [0.5, 0.6) is 0 Å². The van der Waals surface area contributed by atoms with Crippen molar-refractivity contribution in [1.29, 1.82) is 0 Å². The highest BCUT2D eigenvalue weighted by molar-refractivity contribution is 5.68. The molecule has 1 aromatic heterocycles. The molecule has 1 aliphatic heterocycles. The van der Waals surface area contributed by atoms with Crippen molar-refractivity contribution in [2.45, 2.75) is 13.3 Å². The van der Waals surface area contributed by atoms with E-state index in [0.29, 0.717) is 0 Å². The van der Waals surface area contributed by atoms with E-state index in [1.807, 2.05) is 31.6 Å². The molecule has 2 heterocycles. The number of aromatic nitrogens is 2. The lowest BCUT2D eigenvalue weighted by atomic mass is 10.4. The largest absolute Gasteiger partial charge is 0.241 e. The maximum Gasteiger partial charge on any atom is 0.157 e. The molecule has 56 valence electrons. The summed E-state index contributed by atoms with van der Waals surface area (Å²) >= 11 is 0. The quantitative estimate of drug-likeness (QED) is 0.550. The molecule has 0 atom stereocenters. The Kier molecular flexibility index (Phi) is 1.35. The van der Waals surface area contributed by atoms with Crippen LogP contribution in [0.25, 0.3) is 6.20 Å². The lowest BCUT2D eigenvalue weighted by molar-refractivity contribution is 0.935. The van der Waals surface area contributed by atoms with Crippen molar-refractivity contribution >= 4 is 18.2 Å². The smallest absolute Gasteiger partial charge is 0.157 e. The number of hydrogen-bond donors (Lipinski definition) is 0. The van der Waals surface area contributed by atoms with Gasteiger partial charge < -0.3 is 0 Å². The predicted molar refractivity (Wildman–Crippen MR) is 45.1 cm³/mol. The van der Waals surface area contributed by atoms with Crippen molar-refractivity contribution in [3.8, 4) is 0 Å². The molecule has 0 unspecified atom stereocenters. The molecule has 0 saturated carbocycles. The minimum atomic E-state index is 0.892. The first kappa shape index (κ1) is 6.34. The number of hydrogen-bond acceptors (Lipinski definition) is 2. The van der Waals surface area contributed by atoms with Gasteiger partial charge in [-0.25, -0.2) is 9.67 Å². The van der Waals surface area contributed by atoms with Crippen LogP contribution in [0.3, 0.4) is 0 Å². The highest BCUT2D eigenvalue weighted by atomic mass is 15.3. The van der Waals surface area contributed by atoms with Gasteiger partial charge in [0.05, 0.1) is 6.20 Å².